The number of rotatable bonds is 4. The minimum Gasteiger partial charge on any atom is -0.375 e. The quantitative estimate of drug-likeness (QED) is 0.851. The average molecular weight is 285 g/mol. The summed E-state index contributed by atoms with van der Waals surface area (Å²) in [6.07, 6.45) is 1.07. The molecular formula is C11H15N3O2S2. The van der Waals surface area contributed by atoms with Crippen LogP contribution in [0.1, 0.15) is 25.5 Å². The number of aryl methyl sites for hydroxylation is 1. The van der Waals surface area contributed by atoms with Crippen LogP contribution in [-0.2, 0) is 9.59 Å². The van der Waals surface area contributed by atoms with Crippen molar-refractivity contribution >= 4 is 40.0 Å². The van der Waals surface area contributed by atoms with Gasteiger partial charge in [-0.25, -0.2) is 4.98 Å². The fraction of sp³-hybridized carbons (Fsp3) is 0.545. The number of thiazole rings is 1. The van der Waals surface area contributed by atoms with Crippen LogP contribution in [0.4, 0.5) is 5.13 Å². The number of nitrogen functional groups attached to an aromatic ring is 1. The van der Waals surface area contributed by atoms with Crippen LogP contribution >= 0.6 is 23.1 Å². The third kappa shape index (κ3) is 2.51. The molecule has 98 valence electrons. The molecular weight excluding hydrogens is 270 g/mol. The van der Waals surface area contributed by atoms with Gasteiger partial charge in [0.05, 0.1) is 15.2 Å². The molecule has 0 radical (unpaired) electrons. The third-order valence-electron chi connectivity index (χ3n) is 2.67. The van der Waals surface area contributed by atoms with Gasteiger partial charge < -0.3 is 5.73 Å². The summed E-state index contributed by atoms with van der Waals surface area (Å²) in [5.74, 6) is -0.160. The van der Waals surface area contributed by atoms with E-state index < -0.39 is 0 Å². The number of carbonyl (C=O) groups is 2. The minimum atomic E-state index is -0.317. The standard InChI is InChI=1S/C11H15N3O2S2/c1-3-4-14-8(15)5-7(9(14)16)17-10-6(2)13-11(12)18-10/h7H,3-5H2,1-2H3,(H2,12,13). The van der Waals surface area contributed by atoms with Gasteiger partial charge in [0, 0.05) is 13.0 Å². The van der Waals surface area contributed by atoms with Crippen molar-refractivity contribution in [3.63, 3.8) is 0 Å². The Morgan fingerprint density at radius 2 is 2.28 bits per heavy atom. The zero-order valence-electron chi connectivity index (χ0n) is 10.3. The Morgan fingerprint density at radius 1 is 1.56 bits per heavy atom. The lowest BCUT2D eigenvalue weighted by molar-refractivity contribution is -0.138. The van der Waals surface area contributed by atoms with Crippen molar-refractivity contribution < 1.29 is 9.59 Å². The van der Waals surface area contributed by atoms with Crippen LogP contribution < -0.4 is 5.73 Å². The maximum absolute atomic E-state index is 12.1. The molecule has 1 saturated heterocycles. The zero-order valence-corrected chi connectivity index (χ0v) is 11.9. The predicted octanol–water partition coefficient (Wildman–Crippen LogP) is 1.66. The van der Waals surface area contributed by atoms with Gasteiger partial charge in [0.15, 0.2) is 5.13 Å². The number of likely N-dealkylation sites (tertiary alicyclic amines) is 1. The molecule has 2 amide bonds. The van der Waals surface area contributed by atoms with Crippen molar-refractivity contribution in [2.24, 2.45) is 0 Å². The molecule has 1 atom stereocenters. The van der Waals surface area contributed by atoms with E-state index in [0.29, 0.717) is 11.7 Å². The highest BCUT2D eigenvalue weighted by Gasteiger charge is 2.39. The second kappa shape index (κ2) is 5.27. The molecule has 1 aromatic heterocycles. The molecule has 5 nitrogen and oxygen atoms in total. The maximum Gasteiger partial charge on any atom is 0.243 e. The van der Waals surface area contributed by atoms with Crippen LogP contribution in [0.3, 0.4) is 0 Å². The molecule has 1 aromatic rings. The Balaban J connectivity index is 2.09. The van der Waals surface area contributed by atoms with Crippen LogP contribution in [0, 0.1) is 6.92 Å². The molecule has 0 aromatic carbocycles. The summed E-state index contributed by atoms with van der Waals surface area (Å²) in [7, 11) is 0. The normalized spacial score (nSPS) is 19.9. The van der Waals surface area contributed by atoms with Gasteiger partial charge in [-0.1, -0.05) is 30.0 Å². The topological polar surface area (TPSA) is 76.3 Å². The highest BCUT2D eigenvalue weighted by molar-refractivity contribution is 8.02. The van der Waals surface area contributed by atoms with E-state index in [-0.39, 0.29) is 23.5 Å². The molecule has 0 bridgehead atoms. The summed E-state index contributed by atoms with van der Waals surface area (Å²) in [4.78, 5) is 29.3. The van der Waals surface area contributed by atoms with Gasteiger partial charge in [0.1, 0.15) is 0 Å². The van der Waals surface area contributed by atoms with Crippen LogP contribution in [0.25, 0.3) is 0 Å². The number of aromatic nitrogens is 1. The molecule has 7 heteroatoms. The van der Waals surface area contributed by atoms with E-state index >= 15 is 0 Å². The fourth-order valence-electron chi connectivity index (χ4n) is 1.84. The van der Waals surface area contributed by atoms with Crippen LogP contribution in [0.5, 0.6) is 0 Å². The SMILES string of the molecule is CCCN1C(=O)CC(Sc2sc(N)nc2C)C1=O. The number of nitrogens with zero attached hydrogens (tertiary/aromatic N) is 2. The van der Waals surface area contributed by atoms with Crippen molar-refractivity contribution in [3.8, 4) is 0 Å². The first kappa shape index (κ1) is 13.4. The molecule has 2 N–H and O–H groups in total. The number of thioether (sulfide) groups is 1. The monoisotopic (exact) mass is 285 g/mol. The van der Waals surface area contributed by atoms with E-state index in [9.17, 15) is 9.59 Å². The summed E-state index contributed by atoms with van der Waals surface area (Å²) in [5.41, 5.74) is 6.45. The molecule has 1 unspecified atom stereocenters. The molecule has 0 saturated carbocycles. The number of nitrogens with two attached hydrogens (primary N) is 1. The number of amides is 2. The Kier molecular flexibility index (Phi) is 3.91. The Morgan fingerprint density at radius 3 is 2.83 bits per heavy atom. The van der Waals surface area contributed by atoms with Gasteiger partial charge in [-0.3, -0.25) is 14.5 Å². The Bertz CT molecular complexity index is 487. The maximum atomic E-state index is 12.1. The summed E-state index contributed by atoms with van der Waals surface area (Å²) >= 11 is 2.77. The van der Waals surface area contributed by atoms with Crippen molar-refractivity contribution in [3.05, 3.63) is 5.69 Å². The largest absolute Gasteiger partial charge is 0.375 e. The second-order valence-electron chi connectivity index (χ2n) is 4.12. The minimum absolute atomic E-state index is 0.0745. The van der Waals surface area contributed by atoms with E-state index in [1.165, 1.54) is 28.0 Å². The van der Waals surface area contributed by atoms with E-state index in [0.717, 1.165) is 16.3 Å². The van der Waals surface area contributed by atoms with E-state index in [4.69, 9.17) is 5.73 Å². The smallest absolute Gasteiger partial charge is 0.243 e. The fourth-order valence-corrected chi connectivity index (χ4v) is 4.14. The molecule has 1 aliphatic rings. The van der Waals surface area contributed by atoms with Crippen molar-refractivity contribution in [1.82, 2.24) is 9.88 Å². The van der Waals surface area contributed by atoms with Gasteiger partial charge in [-0.2, -0.15) is 0 Å². The number of imide groups is 1. The first-order valence-electron chi connectivity index (χ1n) is 5.76. The molecule has 2 rings (SSSR count). The Hall–Kier alpha value is -1.08. The zero-order chi connectivity index (χ0) is 13.3. The van der Waals surface area contributed by atoms with Crippen molar-refractivity contribution in [2.45, 2.75) is 36.1 Å². The molecule has 1 aliphatic heterocycles. The van der Waals surface area contributed by atoms with Crippen LogP contribution in [0.15, 0.2) is 4.21 Å². The lowest BCUT2D eigenvalue weighted by Gasteiger charge is -2.12. The van der Waals surface area contributed by atoms with Gasteiger partial charge in [0.25, 0.3) is 0 Å². The molecule has 0 spiro atoms. The first-order valence-corrected chi connectivity index (χ1v) is 7.46. The van der Waals surface area contributed by atoms with Gasteiger partial charge >= 0.3 is 0 Å². The number of hydrogen-bond donors (Lipinski definition) is 1. The van der Waals surface area contributed by atoms with Gasteiger partial charge in [0.2, 0.25) is 11.8 Å². The summed E-state index contributed by atoms with van der Waals surface area (Å²) in [6, 6.07) is 0. The van der Waals surface area contributed by atoms with E-state index in [1.54, 1.807) is 0 Å². The highest BCUT2D eigenvalue weighted by Crippen LogP contribution is 2.37. The second-order valence-corrected chi connectivity index (χ2v) is 6.62. The molecule has 2 heterocycles. The third-order valence-corrected chi connectivity index (χ3v) is 5.15. The number of carbonyl (C=O) groups excluding carboxylic acids is 2. The van der Waals surface area contributed by atoms with Crippen LogP contribution in [0.2, 0.25) is 0 Å². The number of hydrogen-bond acceptors (Lipinski definition) is 6. The summed E-state index contributed by atoms with van der Waals surface area (Å²) in [6.45, 7) is 4.33. The van der Waals surface area contributed by atoms with Gasteiger partial charge in [-0.05, 0) is 13.3 Å². The van der Waals surface area contributed by atoms with Crippen molar-refractivity contribution in [2.75, 3.05) is 12.3 Å². The van der Waals surface area contributed by atoms with Gasteiger partial charge in [-0.15, -0.1) is 0 Å². The Labute approximate surface area is 114 Å². The summed E-state index contributed by atoms with van der Waals surface area (Å²) in [5, 5.41) is 0.180. The molecule has 1 fully saturated rings. The lowest BCUT2D eigenvalue weighted by atomic mass is 10.4. The van der Waals surface area contributed by atoms with Crippen LogP contribution in [-0.4, -0.2) is 33.5 Å². The van der Waals surface area contributed by atoms with Crippen molar-refractivity contribution in [1.29, 1.82) is 0 Å². The molecule has 0 aliphatic carbocycles. The average Bonchev–Trinajstić information content (AvgIpc) is 2.74. The number of anilines is 1. The summed E-state index contributed by atoms with van der Waals surface area (Å²) < 4.78 is 0.928. The lowest BCUT2D eigenvalue weighted by Crippen LogP contribution is -2.31. The van der Waals surface area contributed by atoms with E-state index in [2.05, 4.69) is 4.98 Å². The first-order chi connectivity index (χ1) is 8.52. The highest BCUT2D eigenvalue weighted by atomic mass is 32.2. The van der Waals surface area contributed by atoms with E-state index in [1.807, 2.05) is 13.8 Å². The molecule has 18 heavy (non-hydrogen) atoms. The predicted molar refractivity (Wildman–Crippen MR) is 72.5 cm³/mol.